The minimum absolute atomic E-state index is 0.125. The lowest BCUT2D eigenvalue weighted by Gasteiger charge is -2.06. The first-order valence-electron chi connectivity index (χ1n) is 5.20. The van der Waals surface area contributed by atoms with Gasteiger partial charge in [-0.25, -0.2) is 8.78 Å². The maximum Gasteiger partial charge on any atom is 0.222 e. The van der Waals surface area contributed by atoms with Gasteiger partial charge in [-0.3, -0.25) is 4.79 Å². The zero-order valence-corrected chi connectivity index (χ0v) is 9.30. The van der Waals surface area contributed by atoms with Crippen LogP contribution in [0.4, 0.5) is 14.5 Å². The van der Waals surface area contributed by atoms with Crippen LogP contribution in [0.3, 0.4) is 0 Å². The van der Waals surface area contributed by atoms with Gasteiger partial charge in [-0.15, -0.1) is 6.58 Å². The molecule has 1 rings (SSSR count). The van der Waals surface area contributed by atoms with E-state index in [-0.39, 0.29) is 12.3 Å². The monoisotopic (exact) mass is 240 g/mol. The first-order valence-corrected chi connectivity index (χ1v) is 5.20. The van der Waals surface area contributed by atoms with E-state index in [0.717, 1.165) is 12.1 Å². The molecule has 1 aromatic carbocycles. The Kier molecular flexibility index (Phi) is 5.13. The van der Waals surface area contributed by atoms with Gasteiger partial charge in [-0.2, -0.15) is 0 Å². The van der Waals surface area contributed by atoms with E-state index in [1.165, 1.54) is 6.07 Å². The summed E-state index contributed by atoms with van der Waals surface area (Å²) in [5.41, 5.74) is 0.445. The topological polar surface area (TPSA) is 41.1 Å². The molecule has 0 aromatic heterocycles. The summed E-state index contributed by atoms with van der Waals surface area (Å²) < 4.78 is 25.4. The van der Waals surface area contributed by atoms with Crippen LogP contribution in [0.1, 0.15) is 6.42 Å². The van der Waals surface area contributed by atoms with Crippen LogP contribution in [0, 0.1) is 11.6 Å². The second-order valence-electron chi connectivity index (χ2n) is 3.40. The maximum atomic E-state index is 12.8. The SMILES string of the molecule is C=CCNC(=O)CCNc1ccc(F)c(F)c1. The van der Waals surface area contributed by atoms with Crippen molar-refractivity contribution < 1.29 is 13.6 Å². The van der Waals surface area contributed by atoms with Gasteiger partial charge < -0.3 is 10.6 Å². The number of hydrogen-bond acceptors (Lipinski definition) is 2. The van der Waals surface area contributed by atoms with E-state index in [2.05, 4.69) is 17.2 Å². The van der Waals surface area contributed by atoms with Crippen molar-refractivity contribution in [2.75, 3.05) is 18.4 Å². The molecule has 3 nitrogen and oxygen atoms in total. The third-order valence-electron chi connectivity index (χ3n) is 2.04. The minimum Gasteiger partial charge on any atom is -0.384 e. The fraction of sp³-hybridized carbons (Fsp3) is 0.250. The lowest BCUT2D eigenvalue weighted by molar-refractivity contribution is -0.120. The van der Waals surface area contributed by atoms with Gasteiger partial charge in [0.05, 0.1) is 0 Å². The quantitative estimate of drug-likeness (QED) is 0.747. The standard InChI is InChI=1S/C12H14F2N2O/c1-2-6-16-12(17)5-7-15-9-3-4-10(13)11(14)8-9/h2-4,8,15H,1,5-7H2,(H,16,17). The Hall–Kier alpha value is -1.91. The first-order chi connectivity index (χ1) is 8.13. The predicted molar refractivity (Wildman–Crippen MR) is 62.7 cm³/mol. The third kappa shape index (κ3) is 4.63. The predicted octanol–water partition coefficient (Wildman–Crippen LogP) is 2.07. The second kappa shape index (κ2) is 6.62. The van der Waals surface area contributed by atoms with Gasteiger partial charge in [0, 0.05) is 25.2 Å². The molecule has 0 bridgehead atoms. The molecule has 0 fully saturated rings. The molecule has 5 heteroatoms. The second-order valence-corrected chi connectivity index (χ2v) is 3.40. The molecule has 0 aliphatic carbocycles. The zero-order valence-electron chi connectivity index (χ0n) is 9.30. The van der Waals surface area contributed by atoms with Crippen molar-refractivity contribution in [1.82, 2.24) is 5.32 Å². The summed E-state index contributed by atoms with van der Waals surface area (Å²) in [5, 5.41) is 5.43. The Morgan fingerprint density at radius 3 is 2.76 bits per heavy atom. The smallest absolute Gasteiger partial charge is 0.222 e. The number of nitrogens with one attached hydrogen (secondary N) is 2. The van der Waals surface area contributed by atoms with E-state index in [1.54, 1.807) is 6.08 Å². The molecule has 17 heavy (non-hydrogen) atoms. The number of rotatable bonds is 6. The van der Waals surface area contributed by atoms with Crippen LogP contribution in [0.2, 0.25) is 0 Å². The lowest BCUT2D eigenvalue weighted by atomic mass is 10.3. The average molecular weight is 240 g/mol. The highest BCUT2D eigenvalue weighted by atomic mass is 19.2. The van der Waals surface area contributed by atoms with Crippen molar-refractivity contribution in [3.63, 3.8) is 0 Å². The Bertz CT molecular complexity index is 407. The molecular formula is C12H14F2N2O. The Morgan fingerprint density at radius 2 is 2.12 bits per heavy atom. The summed E-state index contributed by atoms with van der Waals surface area (Å²) in [7, 11) is 0. The molecule has 0 aliphatic heterocycles. The lowest BCUT2D eigenvalue weighted by Crippen LogP contribution is -2.25. The third-order valence-corrected chi connectivity index (χ3v) is 2.04. The fourth-order valence-electron chi connectivity index (χ4n) is 1.20. The molecule has 0 unspecified atom stereocenters. The fourth-order valence-corrected chi connectivity index (χ4v) is 1.20. The normalized spacial score (nSPS) is 9.76. The van der Waals surface area contributed by atoms with Gasteiger partial charge in [0.1, 0.15) is 0 Å². The minimum atomic E-state index is -0.911. The number of anilines is 1. The molecule has 0 saturated heterocycles. The summed E-state index contributed by atoms with van der Waals surface area (Å²) in [5.74, 6) is -1.93. The highest BCUT2D eigenvalue weighted by molar-refractivity contribution is 5.76. The van der Waals surface area contributed by atoms with Gasteiger partial charge in [0.15, 0.2) is 11.6 Å². The number of hydrogen-bond donors (Lipinski definition) is 2. The van der Waals surface area contributed by atoms with Gasteiger partial charge in [-0.1, -0.05) is 6.08 Å². The molecule has 0 heterocycles. The van der Waals surface area contributed by atoms with Gasteiger partial charge in [0.2, 0.25) is 5.91 Å². The highest BCUT2D eigenvalue weighted by Crippen LogP contribution is 2.12. The van der Waals surface area contributed by atoms with Gasteiger partial charge in [0.25, 0.3) is 0 Å². The Morgan fingerprint density at radius 1 is 1.35 bits per heavy atom. The molecule has 0 atom stereocenters. The van der Waals surface area contributed by atoms with Crippen molar-refractivity contribution >= 4 is 11.6 Å². The van der Waals surface area contributed by atoms with Crippen molar-refractivity contribution in [2.24, 2.45) is 0 Å². The largest absolute Gasteiger partial charge is 0.384 e. The molecule has 0 spiro atoms. The maximum absolute atomic E-state index is 12.8. The van der Waals surface area contributed by atoms with E-state index in [0.29, 0.717) is 18.8 Å². The van der Waals surface area contributed by atoms with Crippen LogP contribution in [-0.2, 0) is 4.79 Å². The van der Waals surface area contributed by atoms with Crippen LogP contribution in [0.5, 0.6) is 0 Å². The van der Waals surface area contributed by atoms with Crippen molar-refractivity contribution in [3.05, 3.63) is 42.5 Å². The van der Waals surface area contributed by atoms with E-state index < -0.39 is 11.6 Å². The molecule has 2 N–H and O–H groups in total. The highest BCUT2D eigenvalue weighted by Gasteiger charge is 2.03. The molecular weight excluding hydrogens is 226 g/mol. The first kappa shape index (κ1) is 13.2. The van der Waals surface area contributed by atoms with Crippen molar-refractivity contribution in [2.45, 2.75) is 6.42 Å². The van der Waals surface area contributed by atoms with E-state index in [4.69, 9.17) is 0 Å². The zero-order chi connectivity index (χ0) is 12.7. The summed E-state index contributed by atoms with van der Waals surface area (Å²) in [6, 6.07) is 3.51. The number of halogens is 2. The molecule has 0 radical (unpaired) electrons. The van der Waals surface area contributed by atoms with Crippen LogP contribution in [0.15, 0.2) is 30.9 Å². The van der Waals surface area contributed by atoms with Crippen LogP contribution in [-0.4, -0.2) is 19.0 Å². The summed E-state index contributed by atoms with van der Waals surface area (Å²) in [4.78, 5) is 11.2. The summed E-state index contributed by atoms with van der Waals surface area (Å²) in [6.45, 7) is 4.25. The van der Waals surface area contributed by atoms with Gasteiger partial charge in [-0.05, 0) is 18.2 Å². The molecule has 1 amide bonds. The molecule has 1 aromatic rings. The Labute approximate surface area is 98.5 Å². The number of carbonyl (C=O) groups is 1. The van der Waals surface area contributed by atoms with Crippen LogP contribution in [0.25, 0.3) is 0 Å². The molecule has 0 aliphatic rings. The van der Waals surface area contributed by atoms with Crippen LogP contribution >= 0.6 is 0 Å². The van der Waals surface area contributed by atoms with E-state index in [1.807, 2.05) is 0 Å². The van der Waals surface area contributed by atoms with Crippen molar-refractivity contribution in [3.8, 4) is 0 Å². The Balaban J connectivity index is 2.33. The number of benzene rings is 1. The molecule has 92 valence electrons. The van der Waals surface area contributed by atoms with Crippen molar-refractivity contribution in [1.29, 1.82) is 0 Å². The number of amides is 1. The van der Waals surface area contributed by atoms with Crippen LogP contribution < -0.4 is 10.6 Å². The summed E-state index contributed by atoms with van der Waals surface area (Å²) >= 11 is 0. The van der Waals surface area contributed by atoms with E-state index >= 15 is 0 Å². The van der Waals surface area contributed by atoms with Gasteiger partial charge >= 0.3 is 0 Å². The molecule has 0 saturated carbocycles. The summed E-state index contributed by atoms with van der Waals surface area (Å²) in [6.07, 6.45) is 1.84. The average Bonchev–Trinajstić information content (AvgIpc) is 2.31. The number of carbonyl (C=O) groups excluding carboxylic acids is 1. The van der Waals surface area contributed by atoms with E-state index in [9.17, 15) is 13.6 Å².